The largest absolute Gasteiger partial charge is 0.361 e. The Labute approximate surface area is 238 Å². The number of fused-ring (bicyclic) bond motifs is 1. The van der Waals surface area contributed by atoms with Crippen molar-refractivity contribution in [2.24, 2.45) is 0 Å². The quantitative estimate of drug-likeness (QED) is 0.158. The zero-order chi connectivity index (χ0) is 28.7. The van der Waals surface area contributed by atoms with E-state index in [0.717, 1.165) is 32.4 Å². The van der Waals surface area contributed by atoms with Crippen molar-refractivity contribution in [1.29, 1.82) is 0 Å². The molecule has 0 fully saturated rings. The van der Waals surface area contributed by atoms with Gasteiger partial charge in [0, 0.05) is 42.8 Å². The van der Waals surface area contributed by atoms with Gasteiger partial charge in [-0.1, -0.05) is 73.5 Å². The highest BCUT2D eigenvalue weighted by molar-refractivity contribution is 7.89. The number of halogens is 1. The standard InChI is InChI=1S/C29H31ClN4O5S/c1-2-3-16-33(40(38,39)24-13-14-26(30)28(18-24)34(36)37)21-29(35)32(20-22-9-5-4-6-10-22)17-15-23-19-31-27-12-8-7-11-25(23)27/h4-14,18-19,31H,2-3,15-17,20-21H2,1H3. The zero-order valence-corrected chi connectivity index (χ0v) is 23.7. The number of nitrogens with zero attached hydrogens (tertiary/aromatic N) is 3. The van der Waals surface area contributed by atoms with Crippen LogP contribution >= 0.6 is 11.6 Å². The smallest absolute Gasteiger partial charge is 0.289 e. The molecule has 0 saturated heterocycles. The van der Waals surface area contributed by atoms with Gasteiger partial charge < -0.3 is 9.88 Å². The van der Waals surface area contributed by atoms with Crippen LogP contribution in [0.5, 0.6) is 0 Å². The average molecular weight is 583 g/mol. The highest BCUT2D eigenvalue weighted by atomic mass is 35.5. The van der Waals surface area contributed by atoms with Gasteiger partial charge in [0.05, 0.1) is 16.4 Å². The molecule has 0 spiro atoms. The second-order valence-corrected chi connectivity index (χ2v) is 11.8. The molecule has 1 amide bonds. The number of nitro groups is 1. The molecule has 11 heteroatoms. The van der Waals surface area contributed by atoms with Crippen molar-refractivity contribution in [2.75, 3.05) is 19.6 Å². The molecule has 0 atom stereocenters. The van der Waals surface area contributed by atoms with E-state index in [1.54, 1.807) is 4.90 Å². The first-order chi connectivity index (χ1) is 19.2. The molecule has 0 bridgehead atoms. The van der Waals surface area contributed by atoms with Gasteiger partial charge in [-0.3, -0.25) is 14.9 Å². The maximum absolute atomic E-state index is 13.7. The van der Waals surface area contributed by atoms with Gasteiger partial charge in [-0.05, 0) is 42.2 Å². The normalized spacial score (nSPS) is 11.7. The molecular formula is C29H31ClN4O5S. The minimum atomic E-state index is -4.22. The number of nitro benzene ring substituents is 1. The van der Waals surface area contributed by atoms with Crippen molar-refractivity contribution in [1.82, 2.24) is 14.2 Å². The average Bonchev–Trinajstić information content (AvgIpc) is 3.36. The molecule has 1 heterocycles. The lowest BCUT2D eigenvalue weighted by molar-refractivity contribution is -0.384. The van der Waals surface area contributed by atoms with Gasteiger partial charge in [-0.25, -0.2) is 8.42 Å². The van der Waals surface area contributed by atoms with Crippen LogP contribution in [0, 0.1) is 10.1 Å². The number of carbonyl (C=O) groups excluding carboxylic acids is 1. The van der Waals surface area contributed by atoms with E-state index in [4.69, 9.17) is 11.6 Å². The first kappa shape index (κ1) is 29.3. The number of aromatic nitrogens is 1. The Kier molecular flexibility index (Phi) is 9.57. The van der Waals surface area contributed by atoms with E-state index in [-0.39, 0.29) is 28.9 Å². The number of benzene rings is 3. The molecule has 9 nitrogen and oxygen atoms in total. The van der Waals surface area contributed by atoms with Crippen molar-refractivity contribution in [3.63, 3.8) is 0 Å². The number of nitrogens with one attached hydrogen (secondary N) is 1. The summed E-state index contributed by atoms with van der Waals surface area (Å²) in [5, 5.41) is 12.3. The molecule has 1 aromatic heterocycles. The molecule has 0 unspecified atom stereocenters. The van der Waals surface area contributed by atoms with E-state index in [1.807, 2.05) is 67.7 Å². The maximum atomic E-state index is 13.7. The van der Waals surface area contributed by atoms with E-state index in [2.05, 4.69) is 4.98 Å². The number of unbranched alkanes of at least 4 members (excludes halogenated alkanes) is 1. The van der Waals surface area contributed by atoms with Gasteiger partial charge in [0.15, 0.2) is 0 Å². The van der Waals surface area contributed by atoms with Crippen LogP contribution in [0.2, 0.25) is 5.02 Å². The van der Waals surface area contributed by atoms with E-state index in [0.29, 0.717) is 32.4 Å². The van der Waals surface area contributed by atoms with E-state index < -0.39 is 20.6 Å². The van der Waals surface area contributed by atoms with Crippen molar-refractivity contribution in [2.45, 2.75) is 37.6 Å². The Hall–Kier alpha value is -3.73. The van der Waals surface area contributed by atoms with Crippen molar-refractivity contribution >= 4 is 44.1 Å². The van der Waals surface area contributed by atoms with Gasteiger partial charge in [0.1, 0.15) is 5.02 Å². The van der Waals surface area contributed by atoms with Crippen molar-refractivity contribution in [3.05, 3.63) is 105 Å². The van der Waals surface area contributed by atoms with E-state index >= 15 is 0 Å². The lowest BCUT2D eigenvalue weighted by Crippen LogP contribution is -2.43. The Balaban J connectivity index is 1.60. The monoisotopic (exact) mass is 582 g/mol. The topological polar surface area (TPSA) is 117 Å². The summed E-state index contributed by atoms with van der Waals surface area (Å²) in [5.41, 5.74) is 2.48. The first-order valence-corrected chi connectivity index (χ1v) is 14.8. The highest BCUT2D eigenvalue weighted by Gasteiger charge is 2.30. The minimum absolute atomic E-state index is 0.0998. The fourth-order valence-corrected chi connectivity index (χ4v) is 6.14. The predicted molar refractivity (Wildman–Crippen MR) is 156 cm³/mol. The van der Waals surface area contributed by atoms with Crippen molar-refractivity contribution in [3.8, 4) is 0 Å². The lowest BCUT2D eigenvalue weighted by atomic mass is 10.1. The number of rotatable bonds is 13. The second-order valence-electron chi connectivity index (χ2n) is 9.47. The summed E-state index contributed by atoms with van der Waals surface area (Å²) in [7, 11) is -4.22. The van der Waals surface area contributed by atoms with Gasteiger partial charge >= 0.3 is 0 Å². The Morgan fingerprint density at radius 2 is 1.75 bits per heavy atom. The molecule has 0 radical (unpaired) electrons. The summed E-state index contributed by atoms with van der Waals surface area (Å²) in [4.78, 5) is 29.0. The molecule has 40 heavy (non-hydrogen) atoms. The molecule has 3 aromatic carbocycles. The van der Waals surface area contributed by atoms with Crippen LogP contribution in [0.4, 0.5) is 5.69 Å². The van der Waals surface area contributed by atoms with Crippen LogP contribution in [0.25, 0.3) is 10.9 Å². The van der Waals surface area contributed by atoms with Gasteiger partial charge in [0.25, 0.3) is 5.69 Å². The number of aromatic amines is 1. The third kappa shape index (κ3) is 6.88. The first-order valence-electron chi connectivity index (χ1n) is 13.0. The summed E-state index contributed by atoms with van der Waals surface area (Å²) < 4.78 is 28.3. The Bertz CT molecular complexity index is 1590. The van der Waals surface area contributed by atoms with Crippen molar-refractivity contribution < 1.29 is 18.1 Å². The molecular weight excluding hydrogens is 552 g/mol. The molecule has 0 aliphatic rings. The Morgan fingerprint density at radius 3 is 2.48 bits per heavy atom. The Morgan fingerprint density at radius 1 is 1.02 bits per heavy atom. The highest BCUT2D eigenvalue weighted by Crippen LogP contribution is 2.29. The fourth-order valence-electron chi connectivity index (χ4n) is 4.50. The maximum Gasteiger partial charge on any atom is 0.289 e. The summed E-state index contributed by atoms with van der Waals surface area (Å²) in [6, 6.07) is 20.8. The minimum Gasteiger partial charge on any atom is -0.361 e. The summed E-state index contributed by atoms with van der Waals surface area (Å²) in [6.07, 6.45) is 3.74. The summed E-state index contributed by atoms with van der Waals surface area (Å²) in [5.74, 6) is -0.355. The van der Waals surface area contributed by atoms with Gasteiger partial charge in [-0.2, -0.15) is 4.31 Å². The molecule has 4 aromatic rings. The zero-order valence-electron chi connectivity index (χ0n) is 22.1. The number of carbonyl (C=O) groups is 1. The predicted octanol–water partition coefficient (Wildman–Crippen LogP) is 5.79. The molecule has 0 aliphatic heterocycles. The molecule has 4 rings (SSSR count). The SMILES string of the molecule is CCCCN(CC(=O)N(CCc1c[nH]c2ccccc12)Cc1ccccc1)S(=O)(=O)c1ccc(Cl)c([N+](=O)[O-])c1. The number of H-pyrrole nitrogens is 1. The molecule has 1 N–H and O–H groups in total. The summed E-state index contributed by atoms with van der Waals surface area (Å²) in [6.45, 7) is 2.32. The van der Waals surface area contributed by atoms with Crippen LogP contribution in [0.3, 0.4) is 0 Å². The molecule has 0 saturated carbocycles. The number of hydrogen-bond donors (Lipinski definition) is 1. The third-order valence-electron chi connectivity index (χ3n) is 6.72. The van der Waals surface area contributed by atoms with Crippen LogP contribution < -0.4 is 0 Å². The van der Waals surface area contributed by atoms with E-state index in [1.165, 1.54) is 12.1 Å². The van der Waals surface area contributed by atoms with Crippen LogP contribution in [-0.4, -0.2) is 53.1 Å². The van der Waals surface area contributed by atoms with Gasteiger partial charge in [0.2, 0.25) is 15.9 Å². The van der Waals surface area contributed by atoms with Crippen LogP contribution in [0.1, 0.15) is 30.9 Å². The van der Waals surface area contributed by atoms with E-state index in [9.17, 15) is 23.3 Å². The number of amides is 1. The molecule has 0 aliphatic carbocycles. The number of hydrogen-bond acceptors (Lipinski definition) is 5. The summed E-state index contributed by atoms with van der Waals surface area (Å²) >= 11 is 5.91. The fraction of sp³-hybridized carbons (Fsp3) is 0.276. The van der Waals surface area contributed by atoms with Crippen LogP contribution in [-0.2, 0) is 27.8 Å². The number of sulfonamides is 1. The lowest BCUT2D eigenvalue weighted by Gasteiger charge is -2.27. The van der Waals surface area contributed by atoms with Gasteiger partial charge in [-0.15, -0.1) is 0 Å². The van der Waals surface area contributed by atoms with Crippen LogP contribution in [0.15, 0.2) is 83.9 Å². The second kappa shape index (κ2) is 13.1. The molecule has 210 valence electrons. The third-order valence-corrected chi connectivity index (χ3v) is 8.88. The number of para-hydroxylation sites is 1.